The van der Waals surface area contributed by atoms with E-state index in [1.807, 2.05) is 19.1 Å². The Morgan fingerprint density at radius 3 is 2.54 bits per heavy atom. The molecule has 1 aromatic rings. The second-order valence-corrected chi connectivity index (χ2v) is 9.87. The van der Waals surface area contributed by atoms with Gasteiger partial charge in [-0.1, -0.05) is 31.9 Å². The van der Waals surface area contributed by atoms with E-state index >= 15 is 0 Å². The molecule has 0 heterocycles. The third-order valence-electron chi connectivity index (χ3n) is 6.21. The van der Waals surface area contributed by atoms with Crippen molar-refractivity contribution in [1.29, 1.82) is 0 Å². The third kappa shape index (κ3) is 5.68. The van der Waals surface area contributed by atoms with Crippen LogP contribution in [0.25, 0.3) is 0 Å². The maximum Gasteiger partial charge on any atom is 0.191 e. The Bertz CT molecular complexity index is 679. The quantitative estimate of drug-likeness (QED) is 0.337. The van der Waals surface area contributed by atoms with Gasteiger partial charge in [0.15, 0.2) is 5.96 Å². The van der Waals surface area contributed by atoms with Crippen LogP contribution in [0.15, 0.2) is 29.3 Å². The van der Waals surface area contributed by atoms with Crippen LogP contribution in [0.2, 0.25) is 0 Å². The molecule has 0 bridgehead atoms. The number of hydrogen-bond donors (Lipinski definition) is 2. The number of rotatable bonds is 6. The van der Waals surface area contributed by atoms with Gasteiger partial charge in [0.2, 0.25) is 0 Å². The molecule has 7 heteroatoms. The van der Waals surface area contributed by atoms with E-state index in [1.165, 1.54) is 12.0 Å². The van der Waals surface area contributed by atoms with Crippen molar-refractivity contribution in [1.82, 2.24) is 10.6 Å². The minimum atomic E-state index is -0.719. The Kier molecular flexibility index (Phi) is 9.18. The summed E-state index contributed by atoms with van der Waals surface area (Å²) in [5.41, 5.74) is 1.28. The first-order valence-electron chi connectivity index (χ1n) is 10.2. The summed E-state index contributed by atoms with van der Waals surface area (Å²) < 4.78 is 25.4. The highest BCUT2D eigenvalue weighted by atomic mass is 127. The van der Waals surface area contributed by atoms with E-state index in [1.54, 1.807) is 19.2 Å². The van der Waals surface area contributed by atoms with Crippen LogP contribution in [0.3, 0.4) is 0 Å². The van der Waals surface area contributed by atoms with Crippen LogP contribution in [0.1, 0.15) is 57.4 Å². The minimum Gasteiger partial charge on any atom is -0.356 e. The molecule has 2 saturated carbocycles. The van der Waals surface area contributed by atoms with Crippen molar-refractivity contribution >= 4 is 40.7 Å². The molecule has 3 unspecified atom stereocenters. The topological polar surface area (TPSA) is 53.5 Å². The van der Waals surface area contributed by atoms with Crippen molar-refractivity contribution in [2.75, 3.05) is 19.3 Å². The fourth-order valence-corrected chi connectivity index (χ4v) is 5.71. The van der Waals surface area contributed by atoms with Crippen LogP contribution < -0.4 is 10.6 Å². The van der Waals surface area contributed by atoms with E-state index in [9.17, 15) is 8.60 Å². The summed E-state index contributed by atoms with van der Waals surface area (Å²) in [6.45, 7) is 2.80. The van der Waals surface area contributed by atoms with Gasteiger partial charge in [0.05, 0.1) is 0 Å². The summed E-state index contributed by atoms with van der Waals surface area (Å²) in [5.74, 6) is 1.37. The van der Waals surface area contributed by atoms with Gasteiger partial charge in [0, 0.05) is 46.9 Å². The van der Waals surface area contributed by atoms with Gasteiger partial charge in [0.1, 0.15) is 5.82 Å². The van der Waals surface area contributed by atoms with Crippen molar-refractivity contribution in [2.45, 2.75) is 68.6 Å². The summed E-state index contributed by atoms with van der Waals surface area (Å²) in [6.07, 6.45) is 7.67. The number of nitrogens with zero attached hydrogens (tertiary/aromatic N) is 1. The summed E-state index contributed by atoms with van der Waals surface area (Å²) in [7, 11) is 1.08. The SMILES string of the molecule is CCS(=O)C1CCCC(NC(=NC)NCC2(c3ccc(F)cc3)CCC2)C1.I. The molecule has 0 saturated heterocycles. The summed E-state index contributed by atoms with van der Waals surface area (Å²) in [4.78, 5) is 4.40. The van der Waals surface area contributed by atoms with Gasteiger partial charge >= 0.3 is 0 Å². The molecule has 0 amide bonds. The average molecular weight is 521 g/mol. The highest BCUT2D eigenvalue weighted by molar-refractivity contribution is 14.0. The number of benzene rings is 1. The molecule has 0 radical (unpaired) electrons. The Hall–Kier alpha value is -0.700. The molecule has 2 aliphatic rings. The Balaban J connectivity index is 0.00000280. The fourth-order valence-electron chi connectivity index (χ4n) is 4.37. The molecule has 0 aliphatic heterocycles. The second-order valence-electron chi connectivity index (χ2n) is 7.87. The predicted octanol–water partition coefficient (Wildman–Crippen LogP) is 4.11. The molecular weight excluding hydrogens is 488 g/mol. The highest BCUT2D eigenvalue weighted by Gasteiger charge is 2.38. The Morgan fingerprint density at radius 1 is 1.25 bits per heavy atom. The molecule has 3 rings (SSSR count). The molecular formula is C21H33FIN3OS. The molecule has 2 N–H and O–H groups in total. The number of aliphatic imine (C=N–C) groups is 1. The molecule has 4 nitrogen and oxygen atoms in total. The first-order valence-corrected chi connectivity index (χ1v) is 11.5. The molecule has 0 spiro atoms. The lowest BCUT2D eigenvalue weighted by Gasteiger charge is -2.43. The second kappa shape index (κ2) is 10.9. The Morgan fingerprint density at radius 2 is 1.96 bits per heavy atom. The monoisotopic (exact) mass is 521 g/mol. The third-order valence-corrected chi connectivity index (χ3v) is 7.95. The standard InChI is InChI=1S/C21H32FN3OS.HI/c1-3-27(26)19-7-4-6-18(14-19)25-20(23-2)24-15-21(12-5-13-21)16-8-10-17(22)11-9-16;/h8-11,18-19H,3-7,12-15H2,1-2H3,(H2,23,24,25);1H. The van der Waals surface area contributed by atoms with Gasteiger partial charge in [-0.25, -0.2) is 4.39 Å². The van der Waals surface area contributed by atoms with Crippen LogP contribution in [0, 0.1) is 5.82 Å². The van der Waals surface area contributed by atoms with E-state index in [2.05, 4.69) is 15.6 Å². The van der Waals surface area contributed by atoms with E-state index in [0.29, 0.717) is 11.3 Å². The molecule has 158 valence electrons. The van der Waals surface area contributed by atoms with Crippen molar-refractivity contribution in [3.05, 3.63) is 35.6 Å². The van der Waals surface area contributed by atoms with Gasteiger partial charge in [0.25, 0.3) is 0 Å². The van der Waals surface area contributed by atoms with Gasteiger partial charge in [-0.05, 0) is 49.8 Å². The van der Waals surface area contributed by atoms with Crippen LogP contribution in [-0.2, 0) is 16.2 Å². The average Bonchev–Trinajstić information content (AvgIpc) is 2.67. The lowest BCUT2D eigenvalue weighted by molar-refractivity contribution is 0.243. The molecule has 2 fully saturated rings. The van der Waals surface area contributed by atoms with Crippen molar-refractivity contribution in [3.63, 3.8) is 0 Å². The van der Waals surface area contributed by atoms with E-state index in [0.717, 1.165) is 56.8 Å². The zero-order valence-electron chi connectivity index (χ0n) is 16.9. The lowest BCUT2D eigenvalue weighted by Crippen LogP contribution is -2.51. The van der Waals surface area contributed by atoms with Gasteiger partial charge < -0.3 is 10.6 Å². The molecule has 2 aliphatic carbocycles. The van der Waals surface area contributed by atoms with Gasteiger partial charge in [-0.2, -0.15) is 0 Å². The highest BCUT2D eigenvalue weighted by Crippen LogP contribution is 2.43. The summed E-state index contributed by atoms with van der Waals surface area (Å²) in [6, 6.07) is 7.27. The first kappa shape index (κ1) is 23.6. The lowest BCUT2D eigenvalue weighted by atomic mass is 9.64. The Labute approximate surface area is 188 Å². The number of guanidine groups is 1. The maximum absolute atomic E-state index is 13.3. The number of hydrogen-bond acceptors (Lipinski definition) is 2. The van der Waals surface area contributed by atoms with E-state index in [4.69, 9.17) is 0 Å². The largest absolute Gasteiger partial charge is 0.356 e. The summed E-state index contributed by atoms with van der Waals surface area (Å²) >= 11 is 0. The van der Waals surface area contributed by atoms with E-state index in [-0.39, 0.29) is 35.2 Å². The van der Waals surface area contributed by atoms with Crippen LogP contribution in [-0.4, -0.2) is 40.8 Å². The van der Waals surface area contributed by atoms with E-state index < -0.39 is 10.8 Å². The maximum atomic E-state index is 13.3. The smallest absolute Gasteiger partial charge is 0.191 e. The zero-order chi connectivity index (χ0) is 19.3. The van der Waals surface area contributed by atoms with Gasteiger partial charge in [-0.3, -0.25) is 9.20 Å². The summed E-state index contributed by atoms with van der Waals surface area (Å²) in [5, 5.41) is 7.34. The molecule has 0 aromatic heterocycles. The normalized spacial score (nSPS) is 25.2. The molecule has 3 atom stereocenters. The van der Waals surface area contributed by atoms with Crippen LogP contribution >= 0.6 is 24.0 Å². The number of nitrogens with one attached hydrogen (secondary N) is 2. The van der Waals surface area contributed by atoms with Crippen molar-refractivity contribution in [3.8, 4) is 0 Å². The minimum absolute atomic E-state index is 0. The van der Waals surface area contributed by atoms with Crippen LogP contribution in [0.4, 0.5) is 4.39 Å². The number of halogens is 2. The van der Waals surface area contributed by atoms with Crippen molar-refractivity contribution in [2.24, 2.45) is 4.99 Å². The fraction of sp³-hybridized carbons (Fsp3) is 0.667. The predicted molar refractivity (Wildman–Crippen MR) is 127 cm³/mol. The van der Waals surface area contributed by atoms with Gasteiger partial charge in [-0.15, -0.1) is 24.0 Å². The van der Waals surface area contributed by atoms with Crippen molar-refractivity contribution < 1.29 is 8.60 Å². The van der Waals surface area contributed by atoms with Crippen LogP contribution in [0.5, 0.6) is 0 Å². The first-order chi connectivity index (χ1) is 13.1. The molecule has 28 heavy (non-hydrogen) atoms. The molecule has 1 aromatic carbocycles. The zero-order valence-corrected chi connectivity index (χ0v) is 20.0.